The standard InChI is InChI=1S/C20H27N5O7/c1-10(27)17(21)20(32)25-15(9-26)19(31)24-14(18(30)23-8-16(28)29)6-11-7-22-13-5-3-2-4-12(11)13/h2-5,7,10,14-15,17,22,26-27H,6,8-9,21H2,1H3,(H,23,30)(H,24,31)(H,25,32)(H,28,29). The molecule has 0 radical (unpaired) electrons. The minimum absolute atomic E-state index is 0.0144. The molecule has 9 N–H and O–H groups in total. The summed E-state index contributed by atoms with van der Waals surface area (Å²) in [6.07, 6.45) is 0.496. The zero-order valence-electron chi connectivity index (χ0n) is 17.4. The van der Waals surface area contributed by atoms with Crippen LogP contribution in [0, 0.1) is 0 Å². The van der Waals surface area contributed by atoms with Crippen molar-refractivity contribution < 1.29 is 34.5 Å². The van der Waals surface area contributed by atoms with Gasteiger partial charge in [-0.15, -0.1) is 0 Å². The van der Waals surface area contributed by atoms with Gasteiger partial charge >= 0.3 is 5.97 Å². The van der Waals surface area contributed by atoms with Crippen molar-refractivity contribution in [2.75, 3.05) is 13.2 Å². The molecule has 0 saturated heterocycles. The fourth-order valence-electron chi connectivity index (χ4n) is 2.97. The first kappa shape index (κ1) is 24.8. The number of aliphatic carboxylic acids is 1. The zero-order chi connectivity index (χ0) is 23.8. The van der Waals surface area contributed by atoms with Gasteiger partial charge in [-0.2, -0.15) is 0 Å². The molecule has 4 atom stereocenters. The van der Waals surface area contributed by atoms with Crippen molar-refractivity contribution in [3.63, 3.8) is 0 Å². The van der Waals surface area contributed by atoms with Gasteiger partial charge in [-0.3, -0.25) is 19.2 Å². The van der Waals surface area contributed by atoms with Gasteiger partial charge in [-0.25, -0.2) is 0 Å². The molecule has 1 aromatic carbocycles. The lowest BCUT2D eigenvalue weighted by molar-refractivity contribution is -0.138. The fraction of sp³-hybridized carbons (Fsp3) is 0.400. The summed E-state index contributed by atoms with van der Waals surface area (Å²) in [5.74, 6) is -3.76. The molecule has 174 valence electrons. The lowest BCUT2D eigenvalue weighted by atomic mass is 10.0. The van der Waals surface area contributed by atoms with Crippen LogP contribution in [0.4, 0.5) is 0 Å². The van der Waals surface area contributed by atoms with Crippen LogP contribution in [-0.2, 0) is 25.6 Å². The second kappa shape index (κ2) is 11.2. The number of aromatic amines is 1. The molecule has 3 amide bonds. The number of carbonyl (C=O) groups excluding carboxylic acids is 3. The van der Waals surface area contributed by atoms with E-state index in [1.807, 2.05) is 18.2 Å². The topological polar surface area (TPSA) is 207 Å². The van der Waals surface area contributed by atoms with Crippen LogP contribution in [0.5, 0.6) is 0 Å². The van der Waals surface area contributed by atoms with E-state index in [0.29, 0.717) is 5.56 Å². The highest BCUT2D eigenvalue weighted by Gasteiger charge is 2.29. The molecule has 1 heterocycles. The minimum atomic E-state index is -1.44. The van der Waals surface area contributed by atoms with Gasteiger partial charge < -0.3 is 42.0 Å². The first-order valence-electron chi connectivity index (χ1n) is 9.83. The number of rotatable bonds is 11. The van der Waals surface area contributed by atoms with Crippen molar-refractivity contribution in [3.8, 4) is 0 Å². The predicted molar refractivity (Wildman–Crippen MR) is 113 cm³/mol. The number of nitrogens with one attached hydrogen (secondary N) is 4. The molecule has 0 aliphatic rings. The van der Waals surface area contributed by atoms with Crippen molar-refractivity contribution in [3.05, 3.63) is 36.0 Å². The van der Waals surface area contributed by atoms with Gasteiger partial charge in [0.05, 0.1) is 12.7 Å². The Morgan fingerprint density at radius 3 is 2.34 bits per heavy atom. The van der Waals surface area contributed by atoms with Crippen LogP contribution < -0.4 is 21.7 Å². The van der Waals surface area contributed by atoms with Gasteiger partial charge in [0.25, 0.3) is 0 Å². The average molecular weight is 449 g/mol. The monoisotopic (exact) mass is 449 g/mol. The number of nitrogens with two attached hydrogens (primary N) is 1. The SMILES string of the molecule is CC(O)C(N)C(=O)NC(CO)C(=O)NC(Cc1c[nH]c2ccccc12)C(=O)NCC(=O)O. The van der Waals surface area contributed by atoms with E-state index in [0.717, 1.165) is 10.9 Å². The largest absolute Gasteiger partial charge is 0.480 e. The molecule has 1 aromatic heterocycles. The maximum atomic E-state index is 12.7. The second-order valence-corrected chi connectivity index (χ2v) is 7.25. The third kappa shape index (κ3) is 6.51. The predicted octanol–water partition coefficient (Wildman–Crippen LogP) is -2.42. The number of carbonyl (C=O) groups is 4. The van der Waals surface area contributed by atoms with Crippen LogP contribution in [0.2, 0.25) is 0 Å². The number of carboxylic acids is 1. The van der Waals surface area contributed by atoms with E-state index >= 15 is 0 Å². The van der Waals surface area contributed by atoms with Gasteiger partial charge in [0, 0.05) is 23.5 Å². The average Bonchev–Trinajstić information content (AvgIpc) is 3.17. The maximum Gasteiger partial charge on any atom is 0.322 e. The molecule has 12 nitrogen and oxygen atoms in total. The number of aliphatic hydroxyl groups excluding tert-OH is 2. The Kier molecular flexibility index (Phi) is 8.70. The van der Waals surface area contributed by atoms with Crippen LogP contribution in [-0.4, -0.2) is 81.4 Å². The first-order chi connectivity index (χ1) is 15.1. The van der Waals surface area contributed by atoms with E-state index in [9.17, 15) is 29.4 Å². The molecular weight excluding hydrogens is 422 g/mol. The van der Waals surface area contributed by atoms with E-state index in [1.165, 1.54) is 6.92 Å². The molecule has 0 bridgehead atoms. The summed E-state index contributed by atoms with van der Waals surface area (Å²) in [5, 5.41) is 35.4. The number of benzene rings is 1. The highest BCUT2D eigenvalue weighted by Crippen LogP contribution is 2.19. The number of para-hydroxylation sites is 1. The molecule has 2 aromatic rings. The Labute approximate surface area is 183 Å². The van der Waals surface area contributed by atoms with Crippen LogP contribution in [0.1, 0.15) is 12.5 Å². The Hall–Kier alpha value is -3.48. The Bertz CT molecular complexity index is 974. The summed E-state index contributed by atoms with van der Waals surface area (Å²) in [4.78, 5) is 51.1. The molecular formula is C20H27N5O7. The third-order valence-electron chi connectivity index (χ3n) is 4.78. The second-order valence-electron chi connectivity index (χ2n) is 7.25. The number of amides is 3. The van der Waals surface area contributed by atoms with Crippen molar-refractivity contribution >= 4 is 34.6 Å². The van der Waals surface area contributed by atoms with E-state index in [2.05, 4.69) is 20.9 Å². The lowest BCUT2D eigenvalue weighted by Crippen LogP contribution is -2.58. The lowest BCUT2D eigenvalue weighted by Gasteiger charge is -2.23. The number of aromatic nitrogens is 1. The van der Waals surface area contributed by atoms with E-state index in [1.54, 1.807) is 12.3 Å². The van der Waals surface area contributed by atoms with Gasteiger partial charge in [-0.1, -0.05) is 18.2 Å². The summed E-state index contributed by atoms with van der Waals surface area (Å²) >= 11 is 0. The molecule has 0 fully saturated rings. The minimum Gasteiger partial charge on any atom is -0.480 e. The van der Waals surface area contributed by atoms with Gasteiger partial charge in [0.15, 0.2) is 0 Å². The summed E-state index contributed by atoms with van der Waals surface area (Å²) in [6.45, 7) is -0.147. The molecule has 4 unspecified atom stereocenters. The van der Waals surface area contributed by atoms with Gasteiger partial charge in [0.1, 0.15) is 24.7 Å². The van der Waals surface area contributed by atoms with Crippen LogP contribution in [0.25, 0.3) is 10.9 Å². The Balaban J connectivity index is 2.18. The van der Waals surface area contributed by atoms with E-state index in [4.69, 9.17) is 10.8 Å². The molecule has 0 aliphatic heterocycles. The number of hydrogen-bond donors (Lipinski definition) is 8. The molecule has 32 heavy (non-hydrogen) atoms. The van der Waals surface area contributed by atoms with Crippen molar-refractivity contribution in [1.82, 2.24) is 20.9 Å². The third-order valence-corrected chi connectivity index (χ3v) is 4.78. The summed E-state index contributed by atoms with van der Waals surface area (Å²) in [7, 11) is 0. The van der Waals surface area contributed by atoms with Gasteiger partial charge in [-0.05, 0) is 18.6 Å². The summed E-state index contributed by atoms with van der Waals surface area (Å²) < 4.78 is 0. The van der Waals surface area contributed by atoms with Crippen LogP contribution in [0.3, 0.4) is 0 Å². The quantitative estimate of drug-likeness (QED) is 0.185. The fourth-order valence-corrected chi connectivity index (χ4v) is 2.97. The van der Waals surface area contributed by atoms with Crippen molar-refractivity contribution in [2.24, 2.45) is 5.73 Å². The highest BCUT2D eigenvalue weighted by atomic mass is 16.4. The summed E-state index contributed by atoms with van der Waals surface area (Å²) in [5.41, 5.74) is 7.03. The normalized spacial score (nSPS) is 14.8. The molecule has 0 aliphatic carbocycles. The van der Waals surface area contributed by atoms with Gasteiger partial charge in [0.2, 0.25) is 17.7 Å². The number of aliphatic hydroxyl groups is 2. The number of fused-ring (bicyclic) bond motifs is 1. The van der Waals surface area contributed by atoms with Crippen molar-refractivity contribution in [1.29, 1.82) is 0 Å². The van der Waals surface area contributed by atoms with E-state index in [-0.39, 0.29) is 6.42 Å². The maximum absolute atomic E-state index is 12.7. The number of carboxylic acid groups (broad SMARTS) is 1. The molecule has 12 heteroatoms. The molecule has 2 rings (SSSR count). The Morgan fingerprint density at radius 2 is 1.72 bits per heavy atom. The zero-order valence-corrected chi connectivity index (χ0v) is 17.4. The number of H-pyrrole nitrogens is 1. The number of hydrogen-bond acceptors (Lipinski definition) is 7. The summed E-state index contributed by atoms with van der Waals surface area (Å²) in [6, 6.07) is 3.33. The Morgan fingerprint density at radius 1 is 1.06 bits per heavy atom. The molecule has 0 saturated carbocycles. The molecule has 0 spiro atoms. The van der Waals surface area contributed by atoms with Crippen LogP contribution >= 0.6 is 0 Å². The smallest absolute Gasteiger partial charge is 0.322 e. The van der Waals surface area contributed by atoms with E-state index < -0.39 is 61.1 Å². The van der Waals surface area contributed by atoms with Crippen molar-refractivity contribution in [2.45, 2.75) is 37.6 Å². The first-order valence-corrected chi connectivity index (χ1v) is 9.83. The van der Waals surface area contributed by atoms with Crippen LogP contribution in [0.15, 0.2) is 30.5 Å². The highest BCUT2D eigenvalue weighted by molar-refractivity contribution is 5.94.